The van der Waals surface area contributed by atoms with Crippen molar-refractivity contribution in [1.82, 2.24) is 24.1 Å². The van der Waals surface area contributed by atoms with Crippen LogP contribution in [0.5, 0.6) is 0 Å². The van der Waals surface area contributed by atoms with Gasteiger partial charge in [-0.3, -0.25) is 9.48 Å². The van der Waals surface area contributed by atoms with Crippen molar-refractivity contribution >= 4 is 11.6 Å². The summed E-state index contributed by atoms with van der Waals surface area (Å²) in [7, 11) is 3.62. The molecule has 0 atom stereocenters. The van der Waals surface area contributed by atoms with E-state index in [0.29, 0.717) is 12.2 Å². The zero-order valence-corrected chi connectivity index (χ0v) is 11.4. The number of imidazole rings is 1. The molecule has 6 nitrogen and oxygen atoms in total. The summed E-state index contributed by atoms with van der Waals surface area (Å²) >= 11 is 0. The van der Waals surface area contributed by atoms with E-state index in [-0.39, 0.29) is 5.91 Å². The van der Waals surface area contributed by atoms with Crippen molar-refractivity contribution in [3.8, 4) is 0 Å². The van der Waals surface area contributed by atoms with Crippen LogP contribution in [0, 0.1) is 0 Å². The molecule has 20 heavy (non-hydrogen) atoms. The molecule has 0 unspecified atom stereocenters. The Morgan fingerprint density at radius 3 is 2.90 bits per heavy atom. The van der Waals surface area contributed by atoms with Crippen molar-refractivity contribution in [3.63, 3.8) is 0 Å². The van der Waals surface area contributed by atoms with Crippen LogP contribution in [-0.2, 0) is 13.6 Å². The Morgan fingerprint density at radius 1 is 1.35 bits per heavy atom. The average molecular weight is 269 g/mol. The lowest BCUT2D eigenvalue weighted by atomic mass is 10.3. The molecule has 0 bridgehead atoms. The molecule has 3 aromatic heterocycles. The summed E-state index contributed by atoms with van der Waals surface area (Å²) in [4.78, 5) is 18.3. The zero-order chi connectivity index (χ0) is 14.1. The average Bonchev–Trinajstić information content (AvgIpc) is 3.03. The van der Waals surface area contributed by atoms with Gasteiger partial charge in [0.2, 0.25) is 0 Å². The Bertz CT molecular complexity index is 725. The lowest BCUT2D eigenvalue weighted by molar-refractivity contribution is 0.0780. The fourth-order valence-corrected chi connectivity index (χ4v) is 2.13. The quantitative estimate of drug-likeness (QED) is 0.721. The molecular formula is C14H15N5O. The SMILES string of the molecule is CN(Cc1cnn(C)c1)C(=O)c1cn2ccccc2n1. The lowest BCUT2D eigenvalue weighted by Crippen LogP contribution is -2.26. The Balaban J connectivity index is 1.80. The van der Waals surface area contributed by atoms with Gasteiger partial charge in [0.1, 0.15) is 11.3 Å². The maximum Gasteiger partial charge on any atom is 0.274 e. The van der Waals surface area contributed by atoms with Crippen molar-refractivity contribution in [3.05, 3.63) is 54.2 Å². The molecule has 0 radical (unpaired) electrons. The molecule has 0 aliphatic rings. The molecule has 0 aliphatic carbocycles. The number of hydrogen-bond donors (Lipinski definition) is 0. The van der Waals surface area contributed by atoms with E-state index in [1.807, 2.05) is 42.0 Å². The predicted molar refractivity (Wildman–Crippen MR) is 74.2 cm³/mol. The Hall–Kier alpha value is -2.63. The minimum atomic E-state index is -0.0995. The summed E-state index contributed by atoms with van der Waals surface area (Å²) < 4.78 is 3.56. The minimum Gasteiger partial charge on any atom is -0.336 e. The van der Waals surface area contributed by atoms with Gasteiger partial charge in [-0.2, -0.15) is 5.10 Å². The number of aromatic nitrogens is 4. The highest BCUT2D eigenvalue weighted by Gasteiger charge is 2.16. The Kier molecular flexibility index (Phi) is 2.98. The van der Waals surface area contributed by atoms with E-state index in [1.165, 1.54) is 0 Å². The van der Waals surface area contributed by atoms with Crippen LogP contribution < -0.4 is 0 Å². The van der Waals surface area contributed by atoms with Crippen molar-refractivity contribution in [2.75, 3.05) is 7.05 Å². The third-order valence-electron chi connectivity index (χ3n) is 3.11. The molecule has 0 aliphatic heterocycles. The lowest BCUT2D eigenvalue weighted by Gasteiger charge is -2.14. The molecule has 3 aromatic rings. The Morgan fingerprint density at radius 2 is 2.20 bits per heavy atom. The third-order valence-corrected chi connectivity index (χ3v) is 3.11. The Labute approximate surface area is 116 Å². The number of carbonyl (C=O) groups is 1. The number of amides is 1. The highest BCUT2D eigenvalue weighted by molar-refractivity contribution is 5.92. The van der Waals surface area contributed by atoms with E-state index in [4.69, 9.17) is 0 Å². The number of pyridine rings is 1. The van der Waals surface area contributed by atoms with Crippen LogP contribution in [0.3, 0.4) is 0 Å². The zero-order valence-electron chi connectivity index (χ0n) is 11.4. The molecule has 0 N–H and O–H groups in total. The number of hydrogen-bond acceptors (Lipinski definition) is 3. The fourth-order valence-electron chi connectivity index (χ4n) is 2.13. The van der Waals surface area contributed by atoms with Gasteiger partial charge in [0.15, 0.2) is 0 Å². The molecular weight excluding hydrogens is 254 g/mol. The van der Waals surface area contributed by atoms with E-state index >= 15 is 0 Å². The van der Waals surface area contributed by atoms with Crippen molar-refractivity contribution < 1.29 is 4.79 Å². The molecule has 102 valence electrons. The van der Waals surface area contributed by atoms with Gasteiger partial charge in [0, 0.05) is 44.8 Å². The van der Waals surface area contributed by atoms with Gasteiger partial charge in [-0.25, -0.2) is 4.98 Å². The fraction of sp³-hybridized carbons (Fsp3) is 0.214. The van der Waals surface area contributed by atoms with Crippen LogP contribution >= 0.6 is 0 Å². The van der Waals surface area contributed by atoms with Crippen molar-refractivity contribution in [1.29, 1.82) is 0 Å². The largest absolute Gasteiger partial charge is 0.336 e. The highest BCUT2D eigenvalue weighted by atomic mass is 16.2. The smallest absolute Gasteiger partial charge is 0.274 e. The van der Waals surface area contributed by atoms with Crippen LogP contribution in [-0.4, -0.2) is 37.0 Å². The van der Waals surface area contributed by atoms with Gasteiger partial charge in [-0.1, -0.05) is 6.07 Å². The first kappa shape index (κ1) is 12.4. The van der Waals surface area contributed by atoms with E-state index < -0.39 is 0 Å². The second-order valence-electron chi connectivity index (χ2n) is 4.78. The number of aryl methyl sites for hydroxylation is 1. The van der Waals surface area contributed by atoms with E-state index in [1.54, 1.807) is 29.0 Å². The summed E-state index contributed by atoms with van der Waals surface area (Å²) in [6, 6.07) is 5.68. The normalized spacial score (nSPS) is 10.9. The third kappa shape index (κ3) is 2.27. The molecule has 0 fully saturated rings. The van der Waals surface area contributed by atoms with Gasteiger partial charge >= 0.3 is 0 Å². The molecule has 0 saturated heterocycles. The summed E-state index contributed by atoms with van der Waals surface area (Å²) in [5.41, 5.74) is 2.21. The van der Waals surface area contributed by atoms with Crippen LogP contribution in [0.2, 0.25) is 0 Å². The van der Waals surface area contributed by atoms with E-state index in [0.717, 1.165) is 11.2 Å². The summed E-state index contributed by atoms with van der Waals surface area (Å²) in [5.74, 6) is -0.0995. The van der Waals surface area contributed by atoms with Crippen LogP contribution in [0.15, 0.2) is 43.0 Å². The molecule has 6 heteroatoms. The maximum absolute atomic E-state index is 12.3. The predicted octanol–water partition coefficient (Wildman–Crippen LogP) is 1.34. The van der Waals surface area contributed by atoms with Gasteiger partial charge in [0.25, 0.3) is 5.91 Å². The van der Waals surface area contributed by atoms with Crippen molar-refractivity contribution in [2.45, 2.75) is 6.54 Å². The van der Waals surface area contributed by atoms with Gasteiger partial charge < -0.3 is 9.30 Å². The van der Waals surface area contributed by atoms with E-state index in [2.05, 4.69) is 10.1 Å². The second kappa shape index (κ2) is 4.80. The first-order valence-corrected chi connectivity index (χ1v) is 6.30. The highest BCUT2D eigenvalue weighted by Crippen LogP contribution is 2.09. The molecule has 0 saturated carbocycles. The van der Waals surface area contributed by atoms with Crippen LogP contribution in [0.1, 0.15) is 16.1 Å². The first-order valence-electron chi connectivity index (χ1n) is 6.30. The van der Waals surface area contributed by atoms with Gasteiger partial charge in [-0.15, -0.1) is 0 Å². The molecule has 3 heterocycles. The monoisotopic (exact) mass is 269 g/mol. The van der Waals surface area contributed by atoms with Crippen LogP contribution in [0.4, 0.5) is 0 Å². The standard InChI is InChI=1S/C14H15N5O/c1-17(8-11-7-15-18(2)9-11)14(20)12-10-19-6-4-3-5-13(19)16-12/h3-7,9-10H,8H2,1-2H3. The topological polar surface area (TPSA) is 55.4 Å². The summed E-state index contributed by atoms with van der Waals surface area (Å²) in [6.07, 6.45) is 7.28. The first-order chi connectivity index (χ1) is 9.63. The molecule has 3 rings (SSSR count). The summed E-state index contributed by atoms with van der Waals surface area (Å²) in [6.45, 7) is 0.514. The second-order valence-corrected chi connectivity index (χ2v) is 4.78. The maximum atomic E-state index is 12.3. The minimum absolute atomic E-state index is 0.0995. The summed E-state index contributed by atoms with van der Waals surface area (Å²) in [5, 5.41) is 4.10. The molecule has 0 aromatic carbocycles. The van der Waals surface area contributed by atoms with Crippen molar-refractivity contribution in [2.24, 2.45) is 7.05 Å². The molecule has 1 amide bonds. The van der Waals surface area contributed by atoms with E-state index in [9.17, 15) is 4.79 Å². The van der Waals surface area contributed by atoms with Gasteiger partial charge in [0.05, 0.1) is 6.20 Å². The van der Waals surface area contributed by atoms with Gasteiger partial charge in [-0.05, 0) is 12.1 Å². The number of carbonyl (C=O) groups excluding carboxylic acids is 1. The van der Waals surface area contributed by atoms with Crippen LogP contribution in [0.25, 0.3) is 5.65 Å². The number of rotatable bonds is 3. The number of nitrogens with zero attached hydrogens (tertiary/aromatic N) is 5. The molecule has 0 spiro atoms. The number of fused-ring (bicyclic) bond motifs is 1.